The molecule has 1 saturated heterocycles. The van der Waals surface area contributed by atoms with Crippen LogP contribution in [0.15, 0.2) is 60.2 Å². The van der Waals surface area contributed by atoms with Gasteiger partial charge in [0.05, 0.1) is 17.8 Å². The van der Waals surface area contributed by atoms with E-state index in [1.807, 2.05) is 62.0 Å². The Labute approximate surface area is 220 Å². The molecule has 36 heavy (non-hydrogen) atoms. The van der Waals surface area contributed by atoms with Gasteiger partial charge in [-0.05, 0) is 80.5 Å². The molecule has 2 N–H and O–H groups in total. The molecule has 3 aromatic heterocycles. The van der Waals surface area contributed by atoms with Crippen molar-refractivity contribution >= 4 is 45.9 Å². The van der Waals surface area contributed by atoms with E-state index in [4.69, 9.17) is 12.2 Å². The number of carbonyl (C=O) groups excluding carboxylic acids is 1. The largest absolute Gasteiger partial charge is 0.351 e. The zero-order chi connectivity index (χ0) is 25.4. The highest BCUT2D eigenvalue weighted by molar-refractivity contribution is 7.80. The normalized spacial score (nSPS) is 17.3. The molecule has 1 aliphatic rings. The second kappa shape index (κ2) is 9.83. The lowest BCUT2D eigenvalue weighted by molar-refractivity contribution is -0.115. The van der Waals surface area contributed by atoms with Gasteiger partial charge in [-0.1, -0.05) is 13.0 Å². The first-order valence-corrected chi connectivity index (χ1v) is 13.2. The van der Waals surface area contributed by atoms with Crippen molar-refractivity contribution in [3.63, 3.8) is 0 Å². The van der Waals surface area contributed by atoms with E-state index in [0.717, 1.165) is 44.7 Å². The van der Waals surface area contributed by atoms with E-state index in [0.29, 0.717) is 11.5 Å². The number of benzene rings is 1. The summed E-state index contributed by atoms with van der Waals surface area (Å²) in [6.45, 7) is 8.08. The van der Waals surface area contributed by atoms with Gasteiger partial charge in [-0.15, -0.1) is 11.3 Å². The van der Waals surface area contributed by atoms with E-state index in [9.17, 15) is 4.79 Å². The van der Waals surface area contributed by atoms with E-state index in [2.05, 4.69) is 56.0 Å². The number of carbonyl (C=O) groups is 1. The number of anilines is 2. The van der Waals surface area contributed by atoms with Gasteiger partial charge in [0.2, 0.25) is 5.91 Å². The molecule has 4 heterocycles. The first-order valence-electron chi connectivity index (χ1n) is 11.9. The van der Waals surface area contributed by atoms with Crippen LogP contribution in [0, 0.1) is 20.8 Å². The Bertz CT molecular complexity index is 1410. The average molecular weight is 517 g/mol. The molecule has 4 aromatic rings. The second-order valence-electron chi connectivity index (χ2n) is 8.87. The number of pyridine rings is 1. The summed E-state index contributed by atoms with van der Waals surface area (Å²) in [5.74, 6) is -0.00747. The van der Waals surface area contributed by atoms with Crippen molar-refractivity contribution in [2.75, 3.05) is 10.2 Å². The molecule has 0 bridgehead atoms. The number of aromatic nitrogens is 3. The molecule has 2 atom stereocenters. The maximum atomic E-state index is 12.0. The number of thiocarbonyl (C=S) groups is 1. The van der Waals surface area contributed by atoms with Crippen LogP contribution in [-0.4, -0.2) is 25.6 Å². The van der Waals surface area contributed by atoms with Crippen molar-refractivity contribution in [3.8, 4) is 5.13 Å². The number of thiazole rings is 1. The predicted octanol–water partition coefficient (Wildman–Crippen LogP) is 5.78. The van der Waals surface area contributed by atoms with Crippen LogP contribution in [0.1, 0.15) is 53.6 Å². The minimum Gasteiger partial charge on any atom is -0.351 e. The van der Waals surface area contributed by atoms with Crippen molar-refractivity contribution in [1.29, 1.82) is 0 Å². The van der Waals surface area contributed by atoms with Gasteiger partial charge in [0.25, 0.3) is 0 Å². The van der Waals surface area contributed by atoms with Crippen molar-refractivity contribution in [2.24, 2.45) is 0 Å². The van der Waals surface area contributed by atoms with Crippen LogP contribution in [0.25, 0.3) is 5.13 Å². The summed E-state index contributed by atoms with van der Waals surface area (Å²) >= 11 is 7.52. The molecule has 0 saturated carbocycles. The van der Waals surface area contributed by atoms with Gasteiger partial charge >= 0.3 is 0 Å². The maximum Gasteiger partial charge on any atom is 0.224 e. The van der Waals surface area contributed by atoms with Gasteiger partial charge in [0.15, 0.2) is 10.2 Å². The summed E-state index contributed by atoms with van der Waals surface area (Å²) < 4.78 is 2.20. The fourth-order valence-corrected chi connectivity index (χ4v) is 5.93. The van der Waals surface area contributed by atoms with Gasteiger partial charge in [-0.2, -0.15) is 0 Å². The van der Waals surface area contributed by atoms with Crippen LogP contribution in [-0.2, 0) is 4.79 Å². The number of aryl methyl sites for hydroxylation is 2. The Balaban J connectivity index is 1.62. The van der Waals surface area contributed by atoms with E-state index in [1.54, 1.807) is 11.3 Å². The van der Waals surface area contributed by atoms with Crippen molar-refractivity contribution in [2.45, 2.75) is 46.2 Å². The van der Waals surface area contributed by atoms with Crippen LogP contribution < -0.4 is 15.5 Å². The van der Waals surface area contributed by atoms with E-state index in [-0.39, 0.29) is 18.0 Å². The fourth-order valence-electron chi connectivity index (χ4n) is 4.83. The molecule has 0 radical (unpaired) electrons. The predicted molar refractivity (Wildman–Crippen MR) is 149 cm³/mol. The molecular weight excluding hydrogens is 488 g/mol. The molecular formula is C27H28N6OS2. The summed E-state index contributed by atoms with van der Waals surface area (Å²) in [6.07, 6.45) is 4.08. The van der Waals surface area contributed by atoms with Crippen LogP contribution >= 0.6 is 23.6 Å². The Morgan fingerprint density at radius 1 is 1.14 bits per heavy atom. The highest BCUT2D eigenvalue weighted by atomic mass is 32.1. The Hall–Kier alpha value is -3.56. The molecule has 1 aromatic carbocycles. The highest BCUT2D eigenvalue weighted by Gasteiger charge is 2.42. The molecule has 184 valence electrons. The Morgan fingerprint density at radius 3 is 2.64 bits per heavy atom. The van der Waals surface area contributed by atoms with Gasteiger partial charge in [0.1, 0.15) is 0 Å². The fraction of sp³-hybridized carbons (Fsp3) is 0.259. The number of rotatable bonds is 6. The van der Waals surface area contributed by atoms with Gasteiger partial charge < -0.3 is 15.5 Å². The summed E-state index contributed by atoms with van der Waals surface area (Å²) in [5, 5.41) is 10.1. The monoisotopic (exact) mass is 516 g/mol. The lowest BCUT2D eigenvalue weighted by atomic mass is 9.96. The van der Waals surface area contributed by atoms with Gasteiger partial charge in [-0.25, -0.2) is 4.98 Å². The molecule has 0 unspecified atom stereocenters. The van der Waals surface area contributed by atoms with Crippen molar-refractivity contribution in [1.82, 2.24) is 19.9 Å². The third-order valence-corrected chi connectivity index (χ3v) is 7.65. The highest BCUT2D eigenvalue weighted by Crippen LogP contribution is 2.44. The quantitative estimate of drug-likeness (QED) is 0.317. The topological polar surface area (TPSA) is 75.1 Å². The average Bonchev–Trinajstić information content (AvgIpc) is 3.58. The number of amides is 1. The Kier molecular flexibility index (Phi) is 6.59. The van der Waals surface area contributed by atoms with Crippen LogP contribution in [0.2, 0.25) is 0 Å². The molecule has 9 heteroatoms. The zero-order valence-corrected chi connectivity index (χ0v) is 22.3. The second-order valence-corrected chi connectivity index (χ2v) is 10.1. The van der Waals surface area contributed by atoms with Gasteiger partial charge in [-0.3, -0.25) is 14.3 Å². The molecule has 1 amide bonds. The Morgan fingerprint density at radius 2 is 1.97 bits per heavy atom. The first kappa shape index (κ1) is 24.1. The molecule has 0 aliphatic carbocycles. The molecule has 5 rings (SSSR count). The minimum atomic E-state index is -0.135. The molecule has 7 nitrogen and oxygen atoms in total. The molecule has 1 fully saturated rings. The SMILES string of the molecule is CCC(=O)Nc1ccc(N2C(=S)N[C@@H](c3ccccn3)[C@@H]2c2cc(C)n(-c3nccs3)c2C)cc1C. The molecule has 1 aliphatic heterocycles. The lowest BCUT2D eigenvalue weighted by Gasteiger charge is -2.28. The summed E-state index contributed by atoms with van der Waals surface area (Å²) in [5.41, 5.74) is 7.06. The van der Waals surface area contributed by atoms with Crippen LogP contribution in [0.5, 0.6) is 0 Å². The smallest absolute Gasteiger partial charge is 0.224 e. The summed E-state index contributed by atoms with van der Waals surface area (Å²) in [4.78, 5) is 23.4. The van der Waals surface area contributed by atoms with Crippen molar-refractivity contribution in [3.05, 3.63) is 88.4 Å². The summed E-state index contributed by atoms with van der Waals surface area (Å²) in [7, 11) is 0. The van der Waals surface area contributed by atoms with Crippen molar-refractivity contribution < 1.29 is 4.79 Å². The minimum absolute atomic E-state index is 0.00747. The third-order valence-electron chi connectivity index (χ3n) is 6.58. The standard InChI is InChI=1S/C27H28N6OS2/c1-5-23(34)30-21-10-9-19(14-16(21)2)33-25(24(31-26(33)35)22-8-6-7-11-28-22)20-15-17(3)32(18(20)4)27-29-12-13-36-27/h6-15,24-25H,5H2,1-4H3,(H,30,34)(H,31,35)/t24-,25-/m0/s1. The summed E-state index contributed by atoms with van der Waals surface area (Å²) in [6, 6.07) is 14.0. The molecule has 0 spiro atoms. The number of nitrogens with one attached hydrogen (secondary N) is 2. The zero-order valence-electron chi connectivity index (χ0n) is 20.6. The van der Waals surface area contributed by atoms with E-state index >= 15 is 0 Å². The third kappa shape index (κ3) is 4.29. The number of nitrogens with zero attached hydrogens (tertiary/aromatic N) is 4. The van der Waals surface area contributed by atoms with Crippen LogP contribution in [0.4, 0.5) is 11.4 Å². The first-order chi connectivity index (χ1) is 17.4. The van der Waals surface area contributed by atoms with E-state index < -0.39 is 0 Å². The number of hydrogen-bond acceptors (Lipinski definition) is 5. The number of hydrogen-bond donors (Lipinski definition) is 2. The maximum absolute atomic E-state index is 12.0. The van der Waals surface area contributed by atoms with Gasteiger partial charge in [0, 0.05) is 47.0 Å². The lowest BCUT2D eigenvalue weighted by Crippen LogP contribution is -2.29. The van der Waals surface area contributed by atoms with Crippen LogP contribution in [0.3, 0.4) is 0 Å². The van der Waals surface area contributed by atoms with E-state index in [1.165, 1.54) is 0 Å².